The molecular weight excluding hydrogens is 440 g/mol. The highest BCUT2D eigenvalue weighted by Gasteiger charge is 2.28. The Bertz CT molecular complexity index is 1120. The Balaban J connectivity index is 1.64. The summed E-state index contributed by atoms with van der Waals surface area (Å²) in [5, 5.41) is 0. The van der Waals surface area contributed by atoms with Crippen LogP contribution in [0.3, 0.4) is 0 Å². The number of fused-ring (bicyclic) bond motifs is 1. The molecule has 1 aromatic carbocycles. The van der Waals surface area contributed by atoms with Crippen LogP contribution < -0.4 is 15.5 Å². The van der Waals surface area contributed by atoms with E-state index >= 15 is 0 Å². The quantitative estimate of drug-likeness (QED) is 0.587. The molecule has 5 rings (SSSR count). The molecule has 1 aliphatic heterocycles. The smallest absolute Gasteiger partial charge is 0.296 e. The number of hydrogen-bond donors (Lipinski definition) is 1. The molecule has 0 bridgehead atoms. The first-order valence-corrected chi connectivity index (χ1v) is 12.0. The number of para-hydroxylation sites is 2. The van der Waals surface area contributed by atoms with Crippen molar-refractivity contribution in [2.75, 3.05) is 42.6 Å². The first-order valence-electron chi connectivity index (χ1n) is 12.0. The lowest BCUT2D eigenvalue weighted by atomic mass is 9.91. The van der Waals surface area contributed by atoms with Gasteiger partial charge in [0, 0.05) is 37.8 Å². The molecule has 2 aliphatic rings. The summed E-state index contributed by atoms with van der Waals surface area (Å²) in [5.41, 5.74) is 7.25. The fraction of sp³-hybridized carbons (Fsp3) is 0.542. The number of nitrogens with zero attached hydrogens (tertiary/aromatic N) is 6. The van der Waals surface area contributed by atoms with Crippen LogP contribution in [-0.4, -0.2) is 64.5 Å². The number of morpholine rings is 1. The third-order valence-corrected chi connectivity index (χ3v) is 6.81. The van der Waals surface area contributed by atoms with Crippen molar-refractivity contribution in [3.63, 3.8) is 0 Å². The lowest BCUT2D eigenvalue weighted by Gasteiger charge is -2.36. The Morgan fingerprint density at radius 2 is 1.76 bits per heavy atom. The van der Waals surface area contributed by atoms with Crippen LogP contribution in [0.4, 0.5) is 20.5 Å². The number of ether oxygens (including phenoxy) is 1. The van der Waals surface area contributed by atoms with E-state index < -0.39 is 6.43 Å². The van der Waals surface area contributed by atoms with Crippen LogP contribution in [0.25, 0.3) is 16.9 Å². The van der Waals surface area contributed by atoms with Gasteiger partial charge in [0.2, 0.25) is 5.95 Å². The molecule has 182 valence electrons. The first-order chi connectivity index (χ1) is 16.5. The van der Waals surface area contributed by atoms with Gasteiger partial charge >= 0.3 is 0 Å². The molecule has 0 atom stereocenters. The van der Waals surface area contributed by atoms with Gasteiger partial charge in [0.25, 0.3) is 6.43 Å². The highest BCUT2D eigenvalue weighted by molar-refractivity contribution is 5.78. The molecule has 2 N–H and O–H groups in total. The minimum atomic E-state index is -2.74. The first kappa shape index (κ1) is 22.9. The zero-order valence-electron chi connectivity index (χ0n) is 19.4. The second-order valence-corrected chi connectivity index (χ2v) is 8.93. The van der Waals surface area contributed by atoms with Crippen LogP contribution in [0.15, 0.2) is 30.3 Å². The topological polar surface area (TPSA) is 85.3 Å². The van der Waals surface area contributed by atoms with E-state index in [4.69, 9.17) is 20.4 Å². The van der Waals surface area contributed by atoms with Gasteiger partial charge in [-0.25, -0.2) is 13.8 Å². The maximum absolute atomic E-state index is 14.1. The van der Waals surface area contributed by atoms with Gasteiger partial charge < -0.3 is 20.3 Å². The SMILES string of the molecule is CCN(c1nc(N2CCOCC2)cc(-n2c(C(F)F)nc3ccccc32)n1)C1CCC(N)CC1. The number of anilines is 2. The van der Waals surface area contributed by atoms with Crippen LogP contribution in [0.2, 0.25) is 0 Å². The average molecular weight is 472 g/mol. The fourth-order valence-electron chi connectivity index (χ4n) is 5.02. The van der Waals surface area contributed by atoms with Gasteiger partial charge in [-0.3, -0.25) is 4.57 Å². The van der Waals surface area contributed by atoms with Crippen molar-refractivity contribution in [3.8, 4) is 5.82 Å². The summed E-state index contributed by atoms with van der Waals surface area (Å²) in [4.78, 5) is 18.3. The second kappa shape index (κ2) is 9.79. The van der Waals surface area contributed by atoms with Crippen LogP contribution in [0.5, 0.6) is 0 Å². The van der Waals surface area contributed by atoms with E-state index in [1.54, 1.807) is 24.3 Å². The maximum Gasteiger partial charge on any atom is 0.296 e. The molecule has 2 aromatic heterocycles. The molecule has 0 unspecified atom stereocenters. The Morgan fingerprint density at radius 1 is 1.06 bits per heavy atom. The summed E-state index contributed by atoms with van der Waals surface area (Å²) in [6, 6.07) is 9.45. The molecule has 1 saturated heterocycles. The van der Waals surface area contributed by atoms with Crippen molar-refractivity contribution in [2.24, 2.45) is 5.73 Å². The number of rotatable bonds is 6. The zero-order chi connectivity index (χ0) is 23.7. The standard InChI is InChI=1S/C24H31F2N7O/c1-2-32(17-9-7-16(27)8-10-17)24-29-20(31-11-13-34-14-12-31)15-21(30-24)33-19-6-4-3-5-18(19)28-23(33)22(25)26/h3-6,15-17,22H,2,7-14,27H2,1H3. The van der Waals surface area contributed by atoms with Gasteiger partial charge in [-0.15, -0.1) is 0 Å². The van der Waals surface area contributed by atoms with E-state index in [1.165, 1.54) is 4.57 Å². The summed E-state index contributed by atoms with van der Waals surface area (Å²) in [6.07, 6.45) is 1.11. The lowest BCUT2D eigenvalue weighted by molar-refractivity contribution is 0.122. The normalized spacial score (nSPS) is 21.4. The number of hydrogen-bond acceptors (Lipinski definition) is 7. The number of halogens is 2. The fourth-order valence-corrected chi connectivity index (χ4v) is 5.02. The number of aromatic nitrogens is 4. The number of alkyl halides is 2. The molecule has 3 heterocycles. The molecule has 10 heteroatoms. The van der Waals surface area contributed by atoms with Gasteiger partial charge in [-0.2, -0.15) is 9.97 Å². The van der Waals surface area contributed by atoms with Crippen LogP contribution in [0, 0.1) is 0 Å². The second-order valence-electron chi connectivity index (χ2n) is 8.93. The van der Waals surface area contributed by atoms with Crippen LogP contribution >= 0.6 is 0 Å². The third-order valence-electron chi connectivity index (χ3n) is 6.81. The molecule has 0 radical (unpaired) electrons. The van der Waals surface area contributed by atoms with E-state index in [0.29, 0.717) is 54.9 Å². The summed E-state index contributed by atoms with van der Waals surface area (Å²) in [6.45, 7) is 5.37. The maximum atomic E-state index is 14.1. The number of imidazole rings is 1. The molecule has 34 heavy (non-hydrogen) atoms. The highest BCUT2D eigenvalue weighted by atomic mass is 19.3. The third kappa shape index (κ3) is 4.44. The number of benzene rings is 1. The Kier molecular flexibility index (Phi) is 6.60. The molecule has 2 fully saturated rings. The molecule has 0 spiro atoms. The van der Waals surface area contributed by atoms with Crippen molar-refractivity contribution in [2.45, 2.75) is 51.1 Å². The Labute approximate surface area is 197 Å². The Hall–Kier alpha value is -2.85. The minimum absolute atomic E-state index is 0.233. The van der Waals surface area contributed by atoms with Gasteiger partial charge in [0.15, 0.2) is 5.82 Å². The van der Waals surface area contributed by atoms with E-state index in [-0.39, 0.29) is 17.9 Å². The molecule has 1 aliphatic carbocycles. The highest BCUT2D eigenvalue weighted by Crippen LogP contribution is 2.31. The minimum Gasteiger partial charge on any atom is -0.378 e. The molecule has 1 saturated carbocycles. The van der Waals surface area contributed by atoms with Crippen molar-refractivity contribution in [1.29, 1.82) is 0 Å². The van der Waals surface area contributed by atoms with Crippen LogP contribution in [-0.2, 0) is 4.74 Å². The Morgan fingerprint density at radius 3 is 2.47 bits per heavy atom. The van der Waals surface area contributed by atoms with Crippen molar-refractivity contribution in [1.82, 2.24) is 19.5 Å². The van der Waals surface area contributed by atoms with E-state index in [2.05, 4.69) is 21.7 Å². The summed E-state index contributed by atoms with van der Waals surface area (Å²) in [5.74, 6) is 1.36. The van der Waals surface area contributed by atoms with Crippen molar-refractivity contribution >= 4 is 22.8 Å². The predicted octanol–water partition coefficient (Wildman–Crippen LogP) is 3.69. The molecule has 0 amide bonds. The predicted molar refractivity (Wildman–Crippen MR) is 128 cm³/mol. The summed E-state index contributed by atoms with van der Waals surface area (Å²) < 4.78 is 35.2. The van der Waals surface area contributed by atoms with Gasteiger partial charge in [-0.05, 0) is 44.7 Å². The van der Waals surface area contributed by atoms with Crippen molar-refractivity contribution in [3.05, 3.63) is 36.2 Å². The van der Waals surface area contributed by atoms with E-state index in [1.807, 2.05) is 6.07 Å². The van der Waals surface area contributed by atoms with E-state index in [0.717, 1.165) is 32.2 Å². The summed E-state index contributed by atoms with van der Waals surface area (Å²) in [7, 11) is 0. The largest absolute Gasteiger partial charge is 0.378 e. The lowest BCUT2D eigenvalue weighted by Crippen LogP contribution is -2.42. The zero-order valence-corrected chi connectivity index (χ0v) is 19.4. The molecule has 8 nitrogen and oxygen atoms in total. The van der Waals surface area contributed by atoms with Crippen molar-refractivity contribution < 1.29 is 13.5 Å². The summed E-state index contributed by atoms with van der Waals surface area (Å²) >= 11 is 0. The van der Waals surface area contributed by atoms with Gasteiger partial charge in [0.05, 0.1) is 24.2 Å². The van der Waals surface area contributed by atoms with Gasteiger partial charge in [0.1, 0.15) is 11.6 Å². The van der Waals surface area contributed by atoms with E-state index in [9.17, 15) is 8.78 Å². The van der Waals surface area contributed by atoms with Gasteiger partial charge in [-0.1, -0.05) is 12.1 Å². The average Bonchev–Trinajstić information content (AvgIpc) is 3.26. The molecular formula is C24H31F2N7O. The number of nitrogens with two attached hydrogens (primary N) is 1. The van der Waals surface area contributed by atoms with Crippen LogP contribution in [0.1, 0.15) is 44.9 Å². The monoisotopic (exact) mass is 471 g/mol. The molecule has 3 aromatic rings.